The molecular weight excluding hydrogens is 291 g/mol. The minimum atomic E-state index is -0.545. The van der Waals surface area contributed by atoms with E-state index in [9.17, 15) is 9.18 Å². The van der Waals surface area contributed by atoms with Crippen LogP contribution in [0, 0.1) is 5.82 Å². The van der Waals surface area contributed by atoms with Crippen LogP contribution in [0.5, 0.6) is 11.8 Å². The predicted molar refractivity (Wildman–Crippen MR) is 77.6 cm³/mol. The quantitative estimate of drug-likeness (QED) is 0.858. The van der Waals surface area contributed by atoms with E-state index in [-0.39, 0.29) is 24.0 Å². The molecule has 1 aliphatic heterocycles. The summed E-state index contributed by atoms with van der Waals surface area (Å²) in [5.41, 5.74) is -0.526. The number of likely N-dealkylation sites (tertiary alicyclic amines) is 1. The van der Waals surface area contributed by atoms with Crippen molar-refractivity contribution in [2.24, 2.45) is 0 Å². The largest absolute Gasteiger partial charge is 0.479 e. The minimum Gasteiger partial charge on any atom is -0.479 e. The van der Waals surface area contributed by atoms with Crippen molar-refractivity contribution < 1.29 is 23.4 Å². The number of rotatable bonds is 3. The number of carbonyl (C=O) groups is 1. The molecule has 0 spiro atoms. The molecule has 1 aromatic rings. The molecule has 1 atom stereocenters. The highest BCUT2D eigenvalue weighted by molar-refractivity contribution is 5.68. The van der Waals surface area contributed by atoms with Gasteiger partial charge >= 0.3 is 6.09 Å². The van der Waals surface area contributed by atoms with E-state index in [0.717, 1.165) is 0 Å². The highest BCUT2D eigenvalue weighted by Crippen LogP contribution is 2.22. The lowest BCUT2D eigenvalue weighted by atomic mass is 10.2. The van der Waals surface area contributed by atoms with Gasteiger partial charge in [-0.1, -0.05) is 0 Å². The van der Waals surface area contributed by atoms with Gasteiger partial charge < -0.3 is 19.1 Å². The van der Waals surface area contributed by atoms with Gasteiger partial charge in [-0.3, -0.25) is 0 Å². The standard InChI is InChI=1S/C15H21FN2O4/c1-15(2,3)22-14(19)18-8-7-10(9-18)21-12-6-5-11(16)13(17-12)20-4/h5-6,10H,7-9H2,1-4H3. The van der Waals surface area contributed by atoms with Crippen molar-refractivity contribution in [3.63, 3.8) is 0 Å². The fourth-order valence-corrected chi connectivity index (χ4v) is 2.10. The summed E-state index contributed by atoms with van der Waals surface area (Å²) in [6, 6.07) is 2.68. The maximum atomic E-state index is 13.3. The molecule has 0 radical (unpaired) electrons. The molecule has 2 rings (SSSR count). The van der Waals surface area contributed by atoms with Crippen LogP contribution in [0.4, 0.5) is 9.18 Å². The molecule has 1 amide bonds. The molecule has 22 heavy (non-hydrogen) atoms. The third-order valence-corrected chi connectivity index (χ3v) is 3.07. The average Bonchev–Trinajstić information content (AvgIpc) is 2.87. The Bertz CT molecular complexity index is 545. The van der Waals surface area contributed by atoms with E-state index in [1.165, 1.54) is 19.2 Å². The predicted octanol–water partition coefficient (Wildman–Crippen LogP) is 2.62. The number of hydrogen-bond donors (Lipinski definition) is 0. The number of halogens is 1. The van der Waals surface area contributed by atoms with Crippen molar-refractivity contribution in [3.8, 4) is 11.8 Å². The normalized spacial score (nSPS) is 18.2. The fourth-order valence-electron chi connectivity index (χ4n) is 2.10. The first kappa shape index (κ1) is 16.3. The zero-order valence-electron chi connectivity index (χ0n) is 13.3. The minimum absolute atomic E-state index is 0.112. The average molecular weight is 312 g/mol. The van der Waals surface area contributed by atoms with Crippen LogP contribution in [-0.4, -0.2) is 47.9 Å². The van der Waals surface area contributed by atoms with Gasteiger partial charge in [-0.25, -0.2) is 9.18 Å². The number of hydrogen-bond acceptors (Lipinski definition) is 5. The number of amides is 1. The summed E-state index contributed by atoms with van der Waals surface area (Å²) in [5.74, 6) is -0.384. The molecule has 0 aliphatic carbocycles. The van der Waals surface area contributed by atoms with Crippen molar-refractivity contribution in [1.82, 2.24) is 9.88 Å². The molecule has 1 fully saturated rings. The molecular formula is C15H21FN2O4. The van der Waals surface area contributed by atoms with Gasteiger partial charge in [0.25, 0.3) is 5.88 Å². The summed E-state index contributed by atoms with van der Waals surface area (Å²) in [4.78, 5) is 17.5. The van der Waals surface area contributed by atoms with Gasteiger partial charge in [0.1, 0.15) is 11.7 Å². The zero-order valence-corrected chi connectivity index (χ0v) is 13.3. The highest BCUT2D eigenvalue weighted by Gasteiger charge is 2.31. The van der Waals surface area contributed by atoms with Gasteiger partial charge in [0.2, 0.25) is 5.88 Å². The second-order valence-corrected chi connectivity index (χ2v) is 6.10. The Morgan fingerprint density at radius 1 is 1.41 bits per heavy atom. The second kappa shape index (κ2) is 6.37. The topological polar surface area (TPSA) is 60.9 Å². The van der Waals surface area contributed by atoms with E-state index in [1.807, 2.05) is 20.8 Å². The smallest absolute Gasteiger partial charge is 0.410 e. The molecule has 1 aliphatic rings. The van der Waals surface area contributed by atoms with Crippen molar-refractivity contribution in [2.45, 2.75) is 38.9 Å². The molecule has 0 aromatic carbocycles. The maximum absolute atomic E-state index is 13.3. The monoisotopic (exact) mass is 312 g/mol. The van der Waals surface area contributed by atoms with Crippen molar-refractivity contribution >= 4 is 6.09 Å². The Kier molecular flexibility index (Phi) is 4.73. The molecule has 1 aromatic heterocycles. The fraction of sp³-hybridized carbons (Fsp3) is 0.600. The van der Waals surface area contributed by atoms with Crippen LogP contribution in [0.15, 0.2) is 12.1 Å². The molecule has 122 valence electrons. The summed E-state index contributed by atoms with van der Waals surface area (Å²) in [6.45, 7) is 6.44. The third-order valence-electron chi connectivity index (χ3n) is 3.07. The number of pyridine rings is 1. The number of aromatic nitrogens is 1. The van der Waals surface area contributed by atoms with Gasteiger partial charge in [0, 0.05) is 19.0 Å². The molecule has 0 saturated carbocycles. The van der Waals surface area contributed by atoms with E-state index < -0.39 is 11.4 Å². The van der Waals surface area contributed by atoms with Crippen molar-refractivity contribution in [1.29, 1.82) is 0 Å². The summed E-state index contributed by atoms with van der Waals surface area (Å²) < 4.78 is 29.1. The Balaban J connectivity index is 1.92. The number of nitrogens with zero attached hydrogens (tertiary/aromatic N) is 2. The Hall–Kier alpha value is -2.05. The second-order valence-electron chi connectivity index (χ2n) is 6.10. The molecule has 7 heteroatoms. The lowest BCUT2D eigenvalue weighted by Crippen LogP contribution is -2.36. The summed E-state index contributed by atoms with van der Waals surface area (Å²) in [7, 11) is 1.34. The third kappa shape index (κ3) is 4.22. The molecule has 0 N–H and O–H groups in total. The van der Waals surface area contributed by atoms with Crippen LogP contribution >= 0.6 is 0 Å². The van der Waals surface area contributed by atoms with Crippen LogP contribution in [0.25, 0.3) is 0 Å². The van der Waals surface area contributed by atoms with E-state index >= 15 is 0 Å². The lowest BCUT2D eigenvalue weighted by molar-refractivity contribution is 0.0274. The number of ether oxygens (including phenoxy) is 3. The van der Waals surface area contributed by atoms with Crippen LogP contribution < -0.4 is 9.47 Å². The summed E-state index contributed by atoms with van der Waals surface area (Å²) >= 11 is 0. The lowest BCUT2D eigenvalue weighted by Gasteiger charge is -2.24. The molecule has 2 heterocycles. The molecule has 1 saturated heterocycles. The first-order valence-electron chi connectivity index (χ1n) is 7.13. The van der Waals surface area contributed by atoms with E-state index in [0.29, 0.717) is 19.5 Å². The number of methoxy groups -OCH3 is 1. The molecule has 6 nitrogen and oxygen atoms in total. The van der Waals surface area contributed by atoms with Gasteiger partial charge in [0.05, 0.1) is 13.7 Å². The van der Waals surface area contributed by atoms with Crippen molar-refractivity contribution in [2.75, 3.05) is 20.2 Å². The van der Waals surface area contributed by atoms with Crippen LogP contribution in [0.2, 0.25) is 0 Å². The van der Waals surface area contributed by atoms with Crippen molar-refractivity contribution in [3.05, 3.63) is 17.9 Å². The van der Waals surface area contributed by atoms with Gasteiger partial charge in [0.15, 0.2) is 5.82 Å². The van der Waals surface area contributed by atoms with E-state index in [4.69, 9.17) is 14.2 Å². The Morgan fingerprint density at radius 3 is 2.77 bits per heavy atom. The zero-order chi connectivity index (χ0) is 16.3. The maximum Gasteiger partial charge on any atom is 0.410 e. The SMILES string of the molecule is COc1nc(OC2CCN(C(=O)OC(C)(C)C)C2)ccc1F. The van der Waals surface area contributed by atoms with E-state index in [1.54, 1.807) is 4.90 Å². The molecule has 0 bridgehead atoms. The summed E-state index contributed by atoms with van der Waals surface area (Å²) in [6.07, 6.45) is 0.110. The Labute approximate surface area is 129 Å². The first-order valence-corrected chi connectivity index (χ1v) is 7.13. The summed E-state index contributed by atoms with van der Waals surface area (Å²) in [5, 5.41) is 0. The van der Waals surface area contributed by atoms with Gasteiger partial charge in [-0.15, -0.1) is 0 Å². The Morgan fingerprint density at radius 2 is 2.14 bits per heavy atom. The first-order chi connectivity index (χ1) is 10.3. The number of carbonyl (C=O) groups excluding carboxylic acids is 1. The van der Waals surface area contributed by atoms with Crippen LogP contribution in [-0.2, 0) is 4.74 Å². The van der Waals surface area contributed by atoms with Gasteiger partial charge in [-0.2, -0.15) is 4.98 Å². The van der Waals surface area contributed by atoms with E-state index in [2.05, 4.69) is 4.98 Å². The molecule has 1 unspecified atom stereocenters. The van der Waals surface area contributed by atoms with Crippen LogP contribution in [0.1, 0.15) is 27.2 Å². The van der Waals surface area contributed by atoms with Crippen LogP contribution in [0.3, 0.4) is 0 Å². The highest BCUT2D eigenvalue weighted by atomic mass is 19.1. The van der Waals surface area contributed by atoms with Gasteiger partial charge in [-0.05, 0) is 26.8 Å².